The Hall–Kier alpha value is -2.89. The van der Waals surface area contributed by atoms with Crippen molar-refractivity contribution in [3.8, 4) is 5.75 Å². The van der Waals surface area contributed by atoms with E-state index in [4.69, 9.17) is 4.74 Å². The second kappa shape index (κ2) is 9.07. The number of carbonyl (C=O) groups excluding carboxylic acids is 2. The molecule has 0 radical (unpaired) electrons. The molecule has 0 unspecified atom stereocenters. The fraction of sp³-hybridized carbons (Fsp3) is 0.435. The molecule has 0 spiro atoms. The van der Waals surface area contributed by atoms with Crippen LogP contribution in [0.2, 0.25) is 0 Å². The van der Waals surface area contributed by atoms with Gasteiger partial charge in [0.1, 0.15) is 5.75 Å². The molecule has 1 atom stereocenters. The zero-order valence-electron chi connectivity index (χ0n) is 17.6. The van der Waals surface area contributed by atoms with Crippen molar-refractivity contribution in [1.82, 2.24) is 14.8 Å². The summed E-state index contributed by atoms with van der Waals surface area (Å²) < 4.78 is 5.81. The number of aromatic nitrogens is 1. The Labute approximate surface area is 172 Å². The molecule has 1 saturated heterocycles. The summed E-state index contributed by atoms with van der Waals surface area (Å²) in [4.78, 5) is 32.6. The van der Waals surface area contributed by atoms with Crippen LogP contribution in [0.1, 0.15) is 47.3 Å². The lowest BCUT2D eigenvalue weighted by Crippen LogP contribution is -2.44. The molecule has 1 aliphatic rings. The van der Waals surface area contributed by atoms with E-state index in [1.54, 1.807) is 32.1 Å². The van der Waals surface area contributed by atoms with E-state index < -0.39 is 6.10 Å². The van der Waals surface area contributed by atoms with Crippen molar-refractivity contribution in [3.05, 3.63) is 59.4 Å². The molecule has 6 nitrogen and oxygen atoms in total. The second-order valence-corrected chi connectivity index (χ2v) is 7.84. The summed E-state index contributed by atoms with van der Waals surface area (Å²) in [6.45, 7) is 5.19. The standard InChI is InChI=1S/C23H29N3O3/c1-16-5-8-20(9-6-16)29-17(2)22(27)26-13-11-18(12-14-26)21-10-7-19(15-24-21)23(28)25(3)4/h5-10,15,17-18H,11-14H2,1-4H3/t17-/m0/s1. The summed E-state index contributed by atoms with van der Waals surface area (Å²) in [6, 6.07) is 11.5. The van der Waals surface area contributed by atoms with Crippen molar-refractivity contribution in [2.24, 2.45) is 0 Å². The first kappa shape index (κ1) is 20.8. The van der Waals surface area contributed by atoms with E-state index in [1.807, 2.05) is 48.2 Å². The van der Waals surface area contributed by atoms with Crippen molar-refractivity contribution in [2.75, 3.05) is 27.2 Å². The van der Waals surface area contributed by atoms with E-state index in [0.717, 1.165) is 24.1 Å². The highest BCUT2D eigenvalue weighted by Gasteiger charge is 2.28. The van der Waals surface area contributed by atoms with Gasteiger partial charge in [-0.25, -0.2) is 0 Å². The lowest BCUT2D eigenvalue weighted by molar-refractivity contribution is -0.139. The molecular weight excluding hydrogens is 366 g/mol. The minimum Gasteiger partial charge on any atom is -0.481 e. The number of aryl methyl sites for hydroxylation is 1. The van der Waals surface area contributed by atoms with Gasteiger partial charge in [0.2, 0.25) is 0 Å². The van der Waals surface area contributed by atoms with Gasteiger partial charge >= 0.3 is 0 Å². The van der Waals surface area contributed by atoms with Gasteiger partial charge in [-0.1, -0.05) is 17.7 Å². The molecule has 0 bridgehead atoms. The number of carbonyl (C=O) groups is 2. The van der Waals surface area contributed by atoms with Gasteiger partial charge in [-0.2, -0.15) is 0 Å². The number of hydrogen-bond acceptors (Lipinski definition) is 4. The highest BCUT2D eigenvalue weighted by atomic mass is 16.5. The predicted molar refractivity (Wildman–Crippen MR) is 112 cm³/mol. The molecule has 0 saturated carbocycles. The van der Waals surface area contributed by atoms with Crippen molar-refractivity contribution in [3.63, 3.8) is 0 Å². The molecule has 1 aromatic heterocycles. The first-order valence-corrected chi connectivity index (χ1v) is 10.0. The quantitative estimate of drug-likeness (QED) is 0.780. The van der Waals surface area contributed by atoms with Crippen LogP contribution < -0.4 is 4.74 Å². The largest absolute Gasteiger partial charge is 0.481 e. The molecule has 1 aliphatic heterocycles. The number of ether oxygens (including phenoxy) is 1. The zero-order chi connectivity index (χ0) is 21.0. The topological polar surface area (TPSA) is 62.7 Å². The van der Waals surface area contributed by atoms with Crippen molar-refractivity contribution in [1.29, 1.82) is 0 Å². The van der Waals surface area contributed by atoms with Crippen LogP contribution in [0.5, 0.6) is 5.75 Å². The van der Waals surface area contributed by atoms with Crippen LogP contribution in [-0.4, -0.2) is 59.9 Å². The van der Waals surface area contributed by atoms with E-state index in [0.29, 0.717) is 30.3 Å². The first-order valence-electron chi connectivity index (χ1n) is 10.0. The summed E-state index contributed by atoms with van der Waals surface area (Å²) in [6.07, 6.45) is 2.85. The number of nitrogens with zero attached hydrogens (tertiary/aromatic N) is 3. The number of likely N-dealkylation sites (tertiary alicyclic amines) is 1. The second-order valence-electron chi connectivity index (χ2n) is 7.84. The van der Waals surface area contributed by atoms with E-state index >= 15 is 0 Å². The molecule has 154 valence electrons. The Bertz CT molecular complexity index is 839. The van der Waals surface area contributed by atoms with Gasteiger partial charge in [-0.15, -0.1) is 0 Å². The van der Waals surface area contributed by atoms with Crippen LogP contribution in [-0.2, 0) is 4.79 Å². The maximum absolute atomic E-state index is 12.7. The number of rotatable bonds is 5. The average Bonchev–Trinajstić information content (AvgIpc) is 2.74. The Balaban J connectivity index is 1.53. The molecule has 0 N–H and O–H groups in total. The van der Waals surface area contributed by atoms with E-state index in [-0.39, 0.29) is 11.8 Å². The maximum Gasteiger partial charge on any atom is 0.263 e. The van der Waals surface area contributed by atoms with Crippen LogP contribution >= 0.6 is 0 Å². The average molecular weight is 396 g/mol. The third-order valence-electron chi connectivity index (χ3n) is 5.35. The normalized spacial score (nSPS) is 15.7. The highest BCUT2D eigenvalue weighted by molar-refractivity contribution is 5.93. The molecular formula is C23H29N3O3. The molecule has 2 amide bonds. The van der Waals surface area contributed by atoms with Crippen molar-refractivity contribution >= 4 is 11.8 Å². The third-order valence-corrected chi connectivity index (χ3v) is 5.35. The Morgan fingerprint density at radius 3 is 2.31 bits per heavy atom. The van der Waals surface area contributed by atoms with Crippen LogP contribution in [0.25, 0.3) is 0 Å². The van der Waals surface area contributed by atoms with Crippen LogP contribution in [0, 0.1) is 6.92 Å². The van der Waals surface area contributed by atoms with Crippen molar-refractivity contribution < 1.29 is 14.3 Å². The summed E-state index contributed by atoms with van der Waals surface area (Å²) in [5.74, 6) is 0.981. The number of hydrogen-bond donors (Lipinski definition) is 0. The Morgan fingerprint density at radius 2 is 1.76 bits per heavy atom. The molecule has 2 heterocycles. The Morgan fingerprint density at radius 1 is 1.10 bits per heavy atom. The minimum atomic E-state index is -0.510. The summed E-state index contributed by atoms with van der Waals surface area (Å²) in [5, 5.41) is 0. The molecule has 29 heavy (non-hydrogen) atoms. The van der Waals surface area contributed by atoms with Gasteiger partial charge in [0.05, 0.1) is 5.56 Å². The van der Waals surface area contributed by atoms with Gasteiger partial charge in [-0.3, -0.25) is 14.6 Å². The SMILES string of the molecule is Cc1ccc(O[C@@H](C)C(=O)N2CCC(c3ccc(C(=O)N(C)C)cn3)CC2)cc1. The fourth-order valence-electron chi connectivity index (χ4n) is 3.56. The Kier molecular flexibility index (Phi) is 6.52. The minimum absolute atomic E-state index is 0.0175. The number of pyridine rings is 1. The van der Waals surface area contributed by atoms with Gasteiger partial charge in [0.15, 0.2) is 6.10 Å². The molecule has 3 rings (SSSR count). The van der Waals surface area contributed by atoms with Gasteiger partial charge < -0.3 is 14.5 Å². The maximum atomic E-state index is 12.7. The van der Waals surface area contributed by atoms with Crippen LogP contribution in [0.15, 0.2) is 42.6 Å². The van der Waals surface area contributed by atoms with E-state index in [2.05, 4.69) is 4.98 Å². The van der Waals surface area contributed by atoms with Gasteiger partial charge in [0.25, 0.3) is 11.8 Å². The molecule has 6 heteroatoms. The molecule has 1 fully saturated rings. The highest BCUT2D eigenvalue weighted by Crippen LogP contribution is 2.27. The van der Waals surface area contributed by atoms with E-state index in [9.17, 15) is 9.59 Å². The van der Waals surface area contributed by atoms with Crippen LogP contribution in [0.4, 0.5) is 0 Å². The lowest BCUT2D eigenvalue weighted by Gasteiger charge is -2.33. The number of benzene rings is 1. The predicted octanol–water partition coefficient (Wildman–Crippen LogP) is 3.27. The van der Waals surface area contributed by atoms with Gasteiger partial charge in [-0.05, 0) is 51.0 Å². The van der Waals surface area contributed by atoms with Gasteiger partial charge in [0, 0.05) is 45.0 Å². The fourth-order valence-corrected chi connectivity index (χ4v) is 3.56. The summed E-state index contributed by atoms with van der Waals surface area (Å²) >= 11 is 0. The summed E-state index contributed by atoms with van der Waals surface area (Å²) in [7, 11) is 3.46. The molecule has 2 aromatic rings. The third kappa shape index (κ3) is 5.13. The first-order chi connectivity index (χ1) is 13.8. The smallest absolute Gasteiger partial charge is 0.263 e. The molecule has 0 aliphatic carbocycles. The molecule has 1 aromatic carbocycles. The van der Waals surface area contributed by atoms with E-state index in [1.165, 1.54) is 0 Å². The monoisotopic (exact) mass is 395 g/mol. The van der Waals surface area contributed by atoms with Crippen molar-refractivity contribution in [2.45, 2.75) is 38.7 Å². The lowest BCUT2D eigenvalue weighted by atomic mass is 9.92. The number of amides is 2. The zero-order valence-corrected chi connectivity index (χ0v) is 17.6. The summed E-state index contributed by atoms with van der Waals surface area (Å²) in [5.41, 5.74) is 2.73. The van der Waals surface area contributed by atoms with Crippen LogP contribution in [0.3, 0.4) is 0 Å². The number of piperidine rings is 1.